The maximum atomic E-state index is 13.0. The molecule has 1 aromatic rings. The van der Waals surface area contributed by atoms with Gasteiger partial charge in [-0.3, -0.25) is 4.79 Å². The maximum Gasteiger partial charge on any atom is 0.225 e. The molecular formula is C20H27ClN2O2. The van der Waals surface area contributed by atoms with Crippen molar-refractivity contribution in [2.24, 2.45) is 23.5 Å². The number of hydrogen-bond acceptors (Lipinski definition) is 3. The fourth-order valence-electron chi connectivity index (χ4n) is 4.99. The van der Waals surface area contributed by atoms with E-state index in [4.69, 9.17) is 22.1 Å². The largest absolute Gasteiger partial charge is 0.487 e. The van der Waals surface area contributed by atoms with Crippen molar-refractivity contribution in [3.8, 4) is 5.75 Å². The number of fused-ring (bicyclic) bond motifs is 2. The first kappa shape index (κ1) is 17.2. The van der Waals surface area contributed by atoms with Crippen LogP contribution < -0.4 is 10.5 Å². The monoisotopic (exact) mass is 362 g/mol. The molecule has 0 spiro atoms. The van der Waals surface area contributed by atoms with Crippen molar-refractivity contribution in [3.05, 3.63) is 29.3 Å². The van der Waals surface area contributed by atoms with Crippen LogP contribution in [0.15, 0.2) is 24.3 Å². The summed E-state index contributed by atoms with van der Waals surface area (Å²) >= 11 is 6.17. The van der Waals surface area contributed by atoms with Gasteiger partial charge in [0.25, 0.3) is 0 Å². The lowest BCUT2D eigenvalue weighted by atomic mass is 9.65. The average molecular weight is 363 g/mol. The molecule has 1 heterocycles. The smallest absolute Gasteiger partial charge is 0.225 e. The molecule has 2 saturated carbocycles. The highest BCUT2D eigenvalue weighted by atomic mass is 35.5. The van der Waals surface area contributed by atoms with E-state index < -0.39 is 0 Å². The highest BCUT2D eigenvalue weighted by molar-refractivity contribution is 6.32. The summed E-state index contributed by atoms with van der Waals surface area (Å²) < 4.78 is 6.02. The van der Waals surface area contributed by atoms with E-state index in [0.29, 0.717) is 41.1 Å². The Kier molecular flexibility index (Phi) is 4.92. The van der Waals surface area contributed by atoms with Crippen LogP contribution in [0.25, 0.3) is 0 Å². The molecule has 4 rings (SSSR count). The lowest BCUT2D eigenvalue weighted by molar-refractivity contribution is -0.137. The second-order valence-corrected chi connectivity index (χ2v) is 8.35. The van der Waals surface area contributed by atoms with Gasteiger partial charge in [0, 0.05) is 24.9 Å². The van der Waals surface area contributed by atoms with E-state index in [1.54, 1.807) is 0 Å². The number of amides is 1. The normalized spacial score (nSPS) is 34.8. The van der Waals surface area contributed by atoms with Crippen LogP contribution in [0.2, 0.25) is 5.02 Å². The molecule has 0 aromatic heterocycles. The van der Waals surface area contributed by atoms with Gasteiger partial charge in [-0.25, -0.2) is 0 Å². The average Bonchev–Trinajstić information content (AvgIpc) is 3.05. The van der Waals surface area contributed by atoms with Crippen molar-refractivity contribution in [1.29, 1.82) is 0 Å². The van der Waals surface area contributed by atoms with Gasteiger partial charge in [-0.2, -0.15) is 0 Å². The number of nitrogens with zero attached hydrogens (tertiary/aromatic N) is 1. The lowest BCUT2D eigenvalue weighted by Gasteiger charge is -2.44. The molecule has 1 saturated heterocycles. The van der Waals surface area contributed by atoms with Gasteiger partial charge < -0.3 is 15.4 Å². The van der Waals surface area contributed by atoms with Crippen molar-refractivity contribution >= 4 is 17.5 Å². The summed E-state index contributed by atoms with van der Waals surface area (Å²) in [6.07, 6.45) is 6.53. The summed E-state index contributed by atoms with van der Waals surface area (Å²) in [5, 5.41) is 0.626. The number of carbonyl (C=O) groups is 1. The van der Waals surface area contributed by atoms with Gasteiger partial charge in [0.05, 0.1) is 11.6 Å². The minimum absolute atomic E-state index is 0.0363. The van der Waals surface area contributed by atoms with Crippen molar-refractivity contribution in [2.75, 3.05) is 13.1 Å². The minimum atomic E-state index is 0.0363. The van der Waals surface area contributed by atoms with Gasteiger partial charge in [0.1, 0.15) is 11.9 Å². The molecular weight excluding hydrogens is 336 g/mol. The van der Waals surface area contributed by atoms with Crippen molar-refractivity contribution in [1.82, 2.24) is 4.90 Å². The third-order valence-electron chi connectivity index (χ3n) is 6.35. The number of hydrogen-bond donors (Lipinski definition) is 1. The van der Waals surface area contributed by atoms with E-state index in [9.17, 15) is 4.79 Å². The Labute approximate surface area is 154 Å². The molecule has 136 valence electrons. The molecule has 3 fully saturated rings. The summed E-state index contributed by atoms with van der Waals surface area (Å²) in [6, 6.07) is 7.84. The zero-order valence-corrected chi connectivity index (χ0v) is 15.3. The number of carbonyl (C=O) groups excluding carboxylic acids is 1. The molecule has 4 nitrogen and oxygen atoms in total. The van der Waals surface area contributed by atoms with Crippen LogP contribution in [0.1, 0.15) is 38.5 Å². The Morgan fingerprint density at radius 3 is 2.60 bits per heavy atom. The molecule has 0 radical (unpaired) electrons. The van der Waals surface area contributed by atoms with Gasteiger partial charge in [-0.15, -0.1) is 0 Å². The summed E-state index contributed by atoms with van der Waals surface area (Å²) in [6.45, 7) is 1.45. The lowest BCUT2D eigenvalue weighted by Crippen LogP contribution is -2.49. The molecule has 2 bridgehead atoms. The molecule has 2 N–H and O–H groups in total. The number of halogens is 1. The zero-order chi connectivity index (χ0) is 17.4. The van der Waals surface area contributed by atoms with Crippen LogP contribution in [-0.4, -0.2) is 36.0 Å². The second kappa shape index (κ2) is 7.16. The third-order valence-corrected chi connectivity index (χ3v) is 6.66. The van der Waals surface area contributed by atoms with E-state index in [0.717, 1.165) is 25.8 Å². The quantitative estimate of drug-likeness (QED) is 0.895. The fraction of sp³-hybridized carbons (Fsp3) is 0.650. The van der Waals surface area contributed by atoms with Crippen molar-refractivity contribution in [2.45, 2.75) is 50.7 Å². The molecule has 3 aliphatic rings. The SMILES string of the molecule is NC1C2CCCC1CC(C(=O)N1CCC(Oc3ccccc3Cl)C1)C2. The molecule has 5 heteroatoms. The van der Waals surface area contributed by atoms with E-state index >= 15 is 0 Å². The first-order chi connectivity index (χ1) is 12.1. The highest BCUT2D eigenvalue weighted by Crippen LogP contribution is 2.42. The number of ether oxygens (including phenoxy) is 1. The van der Waals surface area contributed by atoms with Crippen molar-refractivity contribution < 1.29 is 9.53 Å². The summed E-state index contributed by atoms with van der Waals surface area (Å²) in [5.41, 5.74) is 6.36. The van der Waals surface area contributed by atoms with Crippen LogP contribution in [0, 0.1) is 17.8 Å². The predicted molar refractivity (Wildman–Crippen MR) is 98.6 cm³/mol. The van der Waals surface area contributed by atoms with E-state index in [1.165, 1.54) is 19.3 Å². The Hall–Kier alpha value is -1.26. The van der Waals surface area contributed by atoms with Crippen LogP contribution in [-0.2, 0) is 4.79 Å². The third kappa shape index (κ3) is 3.52. The Morgan fingerprint density at radius 1 is 1.16 bits per heavy atom. The number of rotatable bonds is 3. The highest BCUT2D eigenvalue weighted by Gasteiger charge is 2.42. The van der Waals surface area contributed by atoms with E-state index in [1.807, 2.05) is 29.2 Å². The molecule has 25 heavy (non-hydrogen) atoms. The second-order valence-electron chi connectivity index (χ2n) is 7.94. The molecule has 1 aliphatic heterocycles. The molecule has 3 unspecified atom stereocenters. The number of para-hydroxylation sites is 1. The first-order valence-corrected chi connectivity index (χ1v) is 9.95. The zero-order valence-electron chi connectivity index (χ0n) is 14.6. The van der Waals surface area contributed by atoms with Gasteiger partial charge in [0.2, 0.25) is 5.91 Å². The standard InChI is InChI=1S/C20H27ClN2O2/c21-17-6-1-2-7-18(17)25-16-8-9-23(12-16)20(24)15-10-13-4-3-5-14(11-15)19(13)22/h1-2,6-7,13-16,19H,3-5,8-12,22H2. The van der Waals surface area contributed by atoms with Crippen LogP contribution in [0.3, 0.4) is 0 Å². The van der Waals surface area contributed by atoms with Gasteiger partial charge in [-0.1, -0.05) is 30.2 Å². The van der Waals surface area contributed by atoms with Crippen LogP contribution >= 0.6 is 11.6 Å². The van der Waals surface area contributed by atoms with Crippen LogP contribution in [0.4, 0.5) is 0 Å². The number of nitrogens with two attached hydrogens (primary N) is 1. The van der Waals surface area contributed by atoms with E-state index in [2.05, 4.69) is 0 Å². The predicted octanol–water partition coefficient (Wildman–Crippen LogP) is 3.47. The molecule has 1 aromatic carbocycles. The Balaban J connectivity index is 1.35. The number of likely N-dealkylation sites (tertiary alicyclic amines) is 1. The Morgan fingerprint density at radius 2 is 1.88 bits per heavy atom. The van der Waals surface area contributed by atoms with Gasteiger partial charge >= 0.3 is 0 Å². The number of benzene rings is 1. The minimum Gasteiger partial charge on any atom is -0.487 e. The fourth-order valence-corrected chi connectivity index (χ4v) is 5.17. The molecule has 3 atom stereocenters. The maximum absolute atomic E-state index is 13.0. The summed E-state index contributed by atoms with van der Waals surface area (Å²) in [7, 11) is 0. The topological polar surface area (TPSA) is 55.6 Å². The molecule has 2 aliphatic carbocycles. The van der Waals surface area contributed by atoms with E-state index in [-0.39, 0.29) is 12.0 Å². The van der Waals surface area contributed by atoms with Gasteiger partial charge in [0.15, 0.2) is 0 Å². The van der Waals surface area contributed by atoms with Gasteiger partial charge in [-0.05, 0) is 49.7 Å². The summed E-state index contributed by atoms with van der Waals surface area (Å²) in [4.78, 5) is 15.0. The molecule has 1 amide bonds. The van der Waals surface area contributed by atoms with Crippen molar-refractivity contribution in [3.63, 3.8) is 0 Å². The first-order valence-electron chi connectivity index (χ1n) is 9.57. The van der Waals surface area contributed by atoms with Crippen LogP contribution in [0.5, 0.6) is 5.75 Å². The Bertz CT molecular complexity index is 624. The summed E-state index contributed by atoms with van der Waals surface area (Å²) in [5.74, 6) is 2.27.